The van der Waals surface area contributed by atoms with Crippen LogP contribution in [0.2, 0.25) is 5.02 Å². The molecule has 0 amide bonds. The first-order chi connectivity index (χ1) is 23.7. The molecule has 0 saturated carbocycles. The van der Waals surface area contributed by atoms with Crippen LogP contribution >= 0.6 is 19.2 Å². The van der Waals surface area contributed by atoms with E-state index in [1.165, 1.54) is 0 Å². The lowest BCUT2D eigenvalue weighted by atomic mass is 9.92. The SMILES string of the molecule is CCOP(=O)(OCC)[C@H](N[C@@H]1O[C@H](COC(=O)C(C)(C)C)[C@H](OC(=O)C(C)(C)C)[C@H](OC(=O)C(C)(C)C)[C@H]1OC(=O)C(C)(C)C)c1ccc(Cl)cc1. The summed E-state index contributed by atoms with van der Waals surface area (Å²) in [6, 6.07) is 6.43. The minimum atomic E-state index is -4.09. The van der Waals surface area contributed by atoms with Gasteiger partial charge < -0.3 is 32.7 Å². The van der Waals surface area contributed by atoms with Crippen LogP contribution in [0.15, 0.2) is 24.3 Å². The van der Waals surface area contributed by atoms with E-state index >= 15 is 0 Å². The van der Waals surface area contributed by atoms with Crippen LogP contribution in [0.5, 0.6) is 0 Å². The number of carbonyl (C=O) groups is 4. The molecule has 2 rings (SSSR count). The molecule has 1 aromatic carbocycles. The Morgan fingerprint density at radius 3 is 1.50 bits per heavy atom. The van der Waals surface area contributed by atoms with Crippen molar-refractivity contribution in [3.8, 4) is 0 Å². The molecule has 1 fully saturated rings. The van der Waals surface area contributed by atoms with Crippen LogP contribution in [-0.2, 0) is 56.5 Å². The summed E-state index contributed by atoms with van der Waals surface area (Å²) in [6.07, 6.45) is -7.21. The van der Waals surface area contributed by atoms with Crippen LogP contribution < -0.4 is 5.32 Å². The summed E-state index contributed by atoms with van der Waals surface area (Å²) in [4.78, 5) is 53.8. The van der Waals surface area contributed by atoms with E-state index < -0.39 is 96.2 Å². The first kappa shape index (κ1) is 45.6. The van der Waals surface area contributed by atoms with Gasteiger partial charge in [-0.1, -0.05) is 23.7 Å². The van der Waals surface area contributed by atoms with Gasteiger partial charge in [-0.15, -0.1) is 0 Å². The zero-order valence-corrected chi connectivity index (χ0v) is 34.8. The van der Waals surface area contributed by atoms with Gasteiger partial charge in [0.1, 0.15) is 18.5 Å². The van der Waals surface area contributed by atoms with E-state index in [0.717, 1.165) is 0 Å². The maximum absolute atomic E-state index is 14.6. The van der Waals surface area contributed by atoms with Crippen LogP contribution in [0, 0.1) is 21.7 Å². The van der Waals surface area contributed by atoms with Gasteiger partial charge in [0.05, 0.1) is 34.9 Å². The van der Waals surface area contributed by atoms with Gasteiger partial charge in [0.25, 0.3) is 0 Å². The lowest BCUT2D eigenvalue weighted by Crippen LogP contribution is -2.66. The maximum atomic E-state index is 14.6. The molecule has 6 atom stereocenters. The summed E-state index contributed by atoms with van der Waals surface area (Å²) in [5.41, 5.74) is -3.63. The predicted molar refractivity (Wildman–Crippen MR) is 195 cm³/mol. The van der Waals surface area contributed by atoms with Gasteiger partial charge in [-0.3, -0.25) is 29.1 Å². The number of benzene rings is 1. The lowest BCUT2D eigenvalue weighted by Gasteiger charge is -2.47. The smallest absolute Gasteiger partial charge is 0.352 e. The molecule has 0 aromatic heterocycles. The molecule has 0 aliphatic carbocycles. The summed E-state index contributed by atoms with van der Waals surface area (Å²) >= 11 is 6.21. The Morgan fingerprint density at radius 1 is 0.692 bits per heavy atom. The van der Waals surface area contributed by atoms with Crippen molar-refractivity contribution in [3.05, 3.63) is 34.9 Å². The van der Waals surface area contributed by atoms with Crippen molar-refractivity contribution in [2.75, 3.05) is 19.8 Å². The van der Waals surface area contributed by atoms with Gasteiger partial charge in [-0.2, -0.15) is 0 Å². The van der Waals surface area contributed by atoms with Crippen molar-refractivity contribution >= 4 is 43.1 Å². The highest BCUT2D eigenvalue weighted by molar-refractivity contribution is 7.54. The van der Waals surface area contributed by atoms with E-state index in [2.05, 4.69) is 5.32 Å². The minimum Gasteiger partial charge on any atom is -0.462 e. The van der Waals surface area contributed by atoms with Crippen molar-refractivity contribution < 1.29 is 56.5 Å². The van der Waals surface area contributed by atoms with Gasteiger partial charge in [0, 0.05) is 5.02 Å². The zero-order valence-electron chi connectivity index (χ0n) is 33.1. The fourth-order valence-electron chi connectivity index (χ4n) is 4.58. The molecule has 1 saturated heterocycles. The van der Waals surface area contributed by atoms with Crippen molar-refractivity contribution in [2.45, 2.75) is 133 Å². The van der Waals surface area contributed by atoms with Crippen molar-refractivity contribution in [3.63, 3.8) is 0 Å². The maximum Gasteiger partial charge on any atom is 0.352 e. The molecule has 52 heavy (non-hydrogen) atoms. The molecule has 1 heterocycles. The van der Waals surface area contributed by atoms with Gasteiger partial charge in [-0.25, -0.2) is 0 Å². The van der Waals surface area contributed by atoms with Crippen molar-refractivity contribution in [2.24, 2.45) is 21.7 Å². The summed E-state index contributed by atoms with van der Waals surface area (Å²) in [5.74, 6) is -3.93. The van der Waals surface area contributed by atoms with Crippen LogP contribution in [0.4, 0.5) is 0 Å². The van der Waals surface area contributed by atoms with E-state index in [4.69, 9.17) is 44.3 Å². The number of hydrogen-bond acceptors (Lipinski definition) is 13. The fourth-order valence-corrected chi connectivity index (χ4v) is 6.67. The van der Waals surface area contributed by atoms with Crippen LogP contribution in [0.25, 0.3) is 0 Å². The molecule has 0 spiro atoms. The average molecular weight is 776 g/mol. The first-order valence-corrected chi connectivity index (χ1v) is 19.5. The van der Waals surface area contributed by atoms with Crippen molar-refractivity contribution in [1.29, 1.82) is 0 Å². The third-order valence-electron chi connectivity index (χ3n) is 7.63. The molecular weight excluding hydrogens is 717 g/mol. The van der Waals surface area contributed by atoms with Crippen LogP contribution in [0.1, 0.15) is 108 Å². The third-order valence-corrected chi connectivity index (χ3v) is 10.2. The van der Waals surface area contributed by atoms with Crippen LogP contribution in [0.3, 0.4) is 0 Å². The highest BCUT2D eigenvalue weighted by Crippen LogP contribution is 2.60. The Kier molecular flexibility index (Phi) is 15.6. The quantitative estimate of drug-likeness (QED) is 0.120. The third kappa shape index (κ3) is 12.5. The number of carbonyl (C=O) groups excluding carboxylic acids is 4. The Labute approximate surface area is 313 Å². The van der Waals surface area contributed by atoms with E-state index in [9.17, 15) is 23.7 Å². The van der Waals surface area contributed by atoms with Gasteiger partial charge in [0.15, 0.2) is 24.5 Å². The summed E-state index contributed by atoms with van der Waals surface area (Å²) < 4.78 is 56.6. The van der Waals surface area contributed by atoms with E-state index in [1.54, 1.807) is 121 Å². The number of esters is 4. The Balaban J connectivity index is 2.93. The van der Waals surface area contributed by atoms with Crippen molar-refractivity contribution in [1.82, 2.24) is 5.32 Å². The molecule has 1 aliphatic heterocycles. The molecule has 0 bridgehead atoms. The highest BCUT2D eigenvalue weighted by atomic mass is 35.5. The number of hydrogen-bond donors (Lipinski definition) is 1. The standard InChI is InChI=1S/C37H59ClNO12P/c1-15-46-52(44,47-16-2)29(22-17-19-23(38)20-18-22)39-28-27(51-33(43)37(12,13)14)26(50-32(42)36(9,10)11)25(49-31(41)35(6,7)8)24(48-28)21-45-30(40)34(3,4)5/h17-20,24-29,39H,15-16,21H2,1-14H3/t24-,25+,26+,27-,28-,29+/m1/s1. The highest BCUT2D eigenvalue weighted by Gasteiger charge is 2.56. The van der Waals surface area contributed by atoms with E-state index in [-0.39, 0.29) is 13.2 Å². The molecule has 1 aromatic rings. The van der Waals surface area contributed by atoms with Gasteiger partial charge in [0.2, 0.25) is 0 Å². The Morgan fingerprint density at radius 2 is 1.10 bits per heavy atom. The molecule has 1 N–H and O–H groups in total. The number of ether oxygens (including phenoxy) is 5. The number of nitrogens with one attached hydrogen (secondary N) is 1. The minimum absolute atomic E-state index is 0.0129. The first-order valence-electron chi connectivity index (χ1n) is 17.5. The summed E-state index contributed by atoms with van der Waals surface area (Å²) in [5, 5.41) is 3.59. The lowest BCUT2D eigenvalue weighted by molar-refractivity contribution is -0.265. The number of rotatable bonds is 13. The Hall–Kier alpha value is -2.54. The zero-order chi connectivity index (χ0) is 40.0. The second kappa shape index (κ2) is 17.7. The van der Waals surface area contributed by atoms with Crippen LogP contribution in [-0.4, -0.2) is 74.3 Å². The predicted octanol–water partition coefficient (Wildman–Crippen LogP) is 7.38. The Bertz CT molecular complexity index is 1430. The van der Waals surface area contributed by atoms with Gasteiger partial charge >= 0.3 is 31.5 Å². The van der Waals surface area contributed by atoms with E-state index in [0.29, 0.717) is 10.6 Å². The molecule has 15 heteroatoms. The second-order valence-corrected chi connectivity index (χ2v) is 19.3. The average Bonchev–Trinajstić information content (AvgIpc) is 2.99. The topological polar surface area (TPSA) is 162 Å². The monoisotopic (exact) mass is 775 g/mol. The van der Waals surface area contributed by atoms with E-state index in [1.807, 2.05) is 0 Å². The number of halogens is 1. The second-order valence-electron chi connectivity index (χ2n) is 16.8. The molecule has 1 aliphatic rings. The molecule has 0 radical (unpaired) electrons. The molecule has 13 nitrogen and oxygen atoms in total. The summed E-state index contributed by atoms with van der Waals surface area (Å²) in [7, 11) is -4.09. The fraction of sp³-hybridized carbons (Fsp3) is 0.730. The molecule has 296 valence electrons. The normalized spacial score (nSPS) is 22.2. The van der Waals surface area contributed by atoms with Gasteiger partial charge in [-0.05, 0) is 115 Å². The molecular formula is C37H59ClNO12P. The largest absolute Gasteiger partial charge is 0.462 e. The molecule has 0 unspecified atom stereocenters. The summed E-state index contributed by atoms with van der Waals surface area (Å²) in [6.45, 7) is 22.6.